The fourth-order valence-electron chi connectivity index (χ4n) is 1.16. The number of carbonyl (C=O) groups excluding carboxylic acids is 1. The third-order valence-corrected chi connectivity index (χ3v) is 2.04. The Labute approximate surface area is 94.6 Å². The topological polar surface area (TPSA) is 59.4 Å². The van der Waals surface area contributed by atoms with Crippen LogP contribution in [0.4, 0.5) is 0 Å². The minimum absolute atomic E-state index is 0.0709. The minimum Gasteiger partial charge on any atom is -0.461 e. The molecular formula is C12H15NO3. The number of pyridine rings is 1. The molecule has 1 aromatic heterocycles. The van der Waals surface area contributed by atoms with Gasteiger partial charge in [-0.25, -0.2) is 0 Å². The lowest BCUT2D eigenvalue weighted by molar-refractivity contribution is -0.144. The van der Waals surface area contributed by atoms with Crippen LogP contribution in [0.15, 0.2) is 31.0 Å². The van der Waals surface area contributed by atoms with Crippen LogP contribution in [-0.4, -0.2) is 22.7 Å². The summed E-state index contributed by atoms with van der Waals surface area (Å²) in [6, 6.07) is 3.53. The average molecular weight is 221 g/mol. The number of hydrogen-bond acceptors (Lipinski definition) is 4. The second kappa shape index (κ2) is 6.02. The van der Waals surface area contributed by atoms with Crippen LogP contribution in [0.25, 0.3) is 0 Å². The van der Waals surface area contributed by atoms with Gasteiger partial charge < -0.3 is 9.84 Å². The maximum absolute atomic E-state index is 11.2. The molecule has 1 heterocycles. The molecule has 0 aliphatic carbocycles. The zero-order valence-electron chi connectivity index (χ0n) is 9.22. The van der Waals surface area contributed by atoms with Crippen molar-refractivity contribution in [1.82, 2.24) is 4.98 Å². The first-order chi connectivity index (χ1) is 7.63. The number of aryl methyl sites for hydroxylation is 1. The zero-order valence-corrected chi connectivity index (χ0v) is 9.22. The van der Waals surface area contributed by atoms with Crippen LogP contribution in [-0.2, 0) is 9.53 Å². The molecular weight excluding hydrogens is 206 g/mol. The summed E-state index contributed by atoms with van der Waals surface area (Å²) in [5.41, 5.74) is 1.48. The maximum atomic E-state index is 11.2. The summed E-state index contributed by atoms with van der Waals surface area (Å²) < 4.78 is 4.77. The van der Waals surface area contributed by atoms with E-state index in [0.717, 1.165) is 5.69 Å². The fraction of sp³-hybridized carbons (Fsp3) is 0.333. The summed E-state index contributed by atoms with van der Waals surface area (Å²) >= 11 is 0. The summed E-state index contributed by atoms with van der Waals surface area (Å²) in [5, 5.41) is 9.71. The number of nitrogens with zero attached hydrogens (tertiary/aromatic N) is 1. The summed E-state index contributed by atoms with van der Waals surface area (Å²) in [5.74, 6) is -0.451. The van der Waals surface area contributed by atoms with E-state index in [1.807, 2.05) is 6.92 Å². The van der Waals surface area contributed by atoms with E-state index in [2.05, 4.69) is 11.6 Å². The Morgan fingerprint density at radius 3 is 3.00 bits per heavy atom. The standard InChI is InChI=1S/C12H15NO3/c1-3-6-16-12(15)7-11(14)10-5-4-9(2)13-8-10/h3-5,8,11,14H,1,6-7H2,2H3. The van der Waals surface area contributed by atoms with Crippen molar-refractivity contribution in [3.63, 3.8) is 0 Å². The first kappa shape index (κ1) is 12.4. The van der Waals surface area contributed by atoms with Gasteiger partial charge in [0.05, 0.1) is 12.5 Å². The van der Waals surface area contributed by atoms with E-state index < -0.39 is 12.1 Å². The molecule has 16 heavy (non-hydrogen) atoms. The Hall–Kier alpha value is -1.68. The normalized spacial score (nSPS) is 11.9. The van der Waals surface area contributed by atoms with Gasteiger partial charge in [-0.1, -0.05) is 18.7 Å². The molecule has 0 aliphatic rings. The Balaban J connectivity index is 2.51. The SMILES string of the molecule is C=CCOC(=O)CC(O)c1ccc(C)nc1. The molecule has 1 unspecified atom stereocenters. The molecule has 0 bridgehead atoms. The van der Waals surface area contributed by atoms with Crippen molar-refractivity contribution < 1.29 is 14.6 Å². The highest BCUT2D eigenvalue weighted by atomic mass is 16.5. The van der Waals surface area contributed by atoms with Gasteiger partial charge in [-0.05, 0) is 18.6 Å². The lowest BCUT2D eigenvalue weighted by atomic mass is 10.1. The molecule has 0 saturated carbocycles. The van der Waals surface area contributed by atoms with E-state index in [1.165, 1.54) is 6.08 Å². The highest BCUT2D eigenvalue weighted by Crippen LogP contribution is 2.16. The summed E-state index contributed by atoms with van der Waals surface area (Å²) in [7, 11) is 0. The van der Waals surface area contributed by atoms with Crippen molar-refractivity contribution in [2.75, 3.05) is 6.61 Å². The van der Waals surface area contributed by atoms with Crippen molar-refractivity contribution in [2.24, 2.45) is 0 Å². The first-order valence-corrected chi connectivity index (χ1v) is 5.00. The molecule has 1 aromatic rings. The van der Waals surface area contributed by atoms with Gasteiger partial charge in [0.25, 0.3) is 0 Å². The third-order valence-electron chi connectivity index (χ3n) is 2.04. The Bertz CT molecular complexity index is 359. The third kappa shape index (κ3) is 3.82. The van der Waals surface area contributed by atoms with Crippen LogP contribution in [0, 0.1) is 6.92 Å². The van der Waals surface area contributed by atoms with Crippen molar-refractivity contribution in [2.45, 2.75) is 19.4 Å². The number of carbonyl (C=O) groups is 1. The van der Waals surface area contributed by atoms with Crippen molar-refractivity contribution in [3.8, 4) is 0 Å². The van der Waals surface area contributed by atoms with Gasteiger partial charge in [0.15, 0.2) is 0 Å². The van der Waals surface area contributed by atoms with Crippen LogP contribution in [0.3, 0.4) is 0 Å². The first-order valence-electron chi connectivity index (χ1n) is 5.00. The van der Waals surface area contributed by atoms with E-state index >= 15 is 0 Å². The number of hydrogen-bond donors (Lipinski definition) is 1. The molecule has 4 nitrogen and oxygen atoms in total. The molecule has 1 atom stereocenters. The molecule has 0 radical (unpaired) electrons. The van der Waals surface area contributed by atoms with Crippen LogP contribution in [0.5, 0.6) is 0 Å². The molecule has 0 fully saturated rings. The van der Waals surface area contributed by atoms with Crippen LogP contribution < -0.4 is 0 Å². The van der Waals surface area contributed by atoms with Gasteiger partial charge >= 0.3 is 5.97 Å². The average Bonchev–Trinajstić information content (AvgIpc) is 2.27. The zero-order chi connectivity index (χ0) is 12.0. The quantitative estimate of drug-likeness (QED) is 0.605. The summed E-state index contributed by atoms with van der Waals surface area (Å²) in [6.07, 6.45) is 2.10. The Morgan fingerprint density at radius 1 is 1.69 bits per heavy atom. The van der Waals surface area contributed by atoms with E-state index in [0.29, 0.717) is 5.56 Å². The molecule has 0 aromatic carbocycles. The Kier molecular flexibility index (Phi) is 4.66. The molecule has 0 saturated heterocycles. The lowest BCUT2D eigenvalue weighted by Crippen LogP contribution is -2.10. The van der Waals surface area contributed by atoms with Gasteiger partial charge in [0.2, 0.25) is 0 Å². The van der Waals surface area contributed by atoms with E-state index in [1.54, 1.807) is 18.3 Å². The molecule has 1 rings (SSSR count). The minimum atomic E-state index is -0.870. The lowest BCUT2D eigenvalue weighted by Gasteiger charge is -2.09. The molecule has 0 aliphatic heterocycles. The van der Waals surface area contributed by atoms with Crippen molar-refractivity contribution in [3.05, 3.63) is 42.2 Å². The highest BCUT2D eigenvalue weighted by molar-refractivity contribution is 5.70. The number of aliphatic hydroxyl groups excluding tert-OH is 1. The maximum Gasteiger partial charge on any atom is 0.309 e. The molecule has 86 valence electrons. The predicted octanol–water partition coefficient (Wildman–Crippen LogP) is 1.54. The monoisotopic (exact) mass is 221 g/mol. The van der Waals surface area contributed by atoms with Crippen molar-refractivity contribution in [1.29, 1.82) is 0 Å². The van der Waals surface area contributed by atoms with Gasteiger partial charge in [-0.15, -0.1) is 0 Å². The van der Waals surface area contributed by atoms with Crippen LogP contribution in [0.2, 0.25) is 0 Å². The second-order valence-electron chi connectivity index (χ2n) is 3.42. The van der Waals surface area contributed by atoms with Gasteiger partial charge in [0.1, 0.15) is 6.61 Å². The van der Waals surface area contributed by atoms with E-state index in [-0.39, 0.29) is 13.0 Å². The number of ether oxygens (including phenoxy) is 1. The predicted molar refractivity (Wildman–Crippen MR) is 59.7 cm³/mol. The summed E-state index contributed by atoms with van der Waals surface area (Å²) in [4.78, 5) is 15.2. The van der Waals surface area contributed by atoms with E-state index in [9.17, 15) is 9.90 Å². The molecule has 4 heteroatoms. The number of esters is 1. The molecule has 0 spiro atoms. The number of aromatic nitrogens is 1. The molecule has 0 amide bonds. The van der Waals surface area contributed by atoms with Crippen LogP contribution in [0.1, 0.15) is 23.8 Å². The second-order valence-corrected chi connectivity index (χ2v) is 3.42. The smallest absolute Gasteiger partial charge is 0.309 e. The Morgan fingerprint density at radius 2 is 2.44 bits per heavy atom. The molecule has 1 N–H and O–H groups in total. The van der Waals surface area contributed by atoms with Crippen LogP contribution >= 0.6 is 0 Å². The summed E-state index contributed by atoms with van der Waals surface area (Å²) in [6.45, 7) is 5.45. The van der Waals surface area contributed by atoms with Gasteiger partial charge in [-0.2, -0.15) is 0 Å². The highest BCUT2D eigenvalue weighted by Gasteiger charge is 2.13. The largest absolute Gasteiger partial charge is 0.461 e. The fourth-order valence-corrected chi connectivity index (χ4v) is 1.16. The van der Waals surface area contributed by atoms with Gasteiger partial charge in [0, 0.05) is 11.9 Å². The van der Waals surface area contributed by atoms with E-state index in [4.69, 9.17) is 4.74 Å². The number of aliphatic hydroxyl groups is 1. The van der Waals surface area contributed by atoms with Crippen molar-refractivity contribution >= 4 is 5.97 Å². The van der Waals surface area contributed by atoms with Gasteiger partial charge in [-0.3, -0.25) is 9.78 Å². The number of rotatable bonds is 5.